The molecule has 1 nitrogen and oxygen atoms in total. The Morgan fingerprint density at radius 2 is 1.64 bits per heavy atom. The van der Waals surface area contributed by atoms with Crippen molar-refractivity contribution in [3.8, 4) is 0 Å². The van der Waals surface area contributed by atoms with E-state index in [0.29, 0.717) is 11.2 Å². The number of fused-ring (bicyclic) bond motifs is 3. The summed E-state index contributed by atoms with van der Waals surface area (Å²) in [5.41, 5.74) is 0. The lowest BCUT2D eigenvalue weighted by molar-refractivity contribution is 0.00997. The van der Waals surface area contributed by atoms with Crippen LogP contribution in [0, 0.1) is 11.8 Å². The molecule has 2 atom stereocenters. The molecular formula is C9H16OS. The molecule has 64 valence electrons. The van der Waals surface area contributed by atoms with Crippen LogP contribution in [0.4, 0.5) is 0 Å². The lowest BCUT2D eigenvalue weighted by Crippen LogP contribution is -2.45. The van der Waals surface area contributed by atoms with Crippen molar-refractivity contribution < 1.29 is 5.11 Å². The third-order valence-corrected chi connectivity index (χ3v) is 4.58. The van der Waals surface area contributed by atoms with E-state index in [-0.39, 0.29) is 6.10 Å². The average Bonchev–Trinajstić information content (AvgIpc) is 2.06. The lowest BCUT2D eigenvalue weighted by Gasteiger charge is -2.45. The first-order chi connectivity index (χ1) is 5.33. The highest BCUT2D eigenvalue weighted by atomic mass is 32.2. The second-order valence-corrected chi connectivity index (χ2v) is 4.88. The molecule has 0 radical (unpaired) electrons. The van der Waals surface area contributed by atoms with Crippen molar-refractivity contribution in [3.05, 3.63) is 0 Å². The SMILES string of the molecule is CSC1C2CCC(CC2)C1O. The Morgan fingerprint density at radius 3 is 2.00 bits per heavy atom. The van der Waals surface area contributed by atoms with E-state index in [1.54, 1.807) is 0 Å². The van der Waals surface area contributed by atoms with Crippen molar-refractivity contribution in [3.63, 3.8) is 0 Å². The van der Waals surface area contributed by atoms with E-state index in [4.69, 9.17) is 0 Å². The van der Waals surface area contributed by atoms with Crippen molar-refractivity contribution in [1.29, 1.82) is 0 Å². The zero-order valence-electron chi connectivity index (χ0n) is 6.99. The molecule has 2 heteroatoms. The molecule has 1 N–H and O–H groups in total. The first-order valence-electron chi connectivity index (χ1n) is 4.54. The van der Waals surface area contributed by atoms with E-state index < -0.39 is 0 Å². The molecule has 0 aromatic carbocycles. The Morgan fingerprint density at radius 1 is 1.09 bits per heavy atom. The van der Waals surface area contributed by atoms with Crippen molar-refractivity contribution in [1.82, 2.24) is 0 Å². The van der Waals surface area contributed by atoms with Gasteiger partial charge in [-0.3, -0.25) is 0 Å². The van der Waals surface area contributed by atoms with Crippen LogP contribution in [-0.4, -0.2) is 22.7 Å². The molecule has 0 aromatic rings. The largest absolute Gasteiger partial charge is 0.392 e. The monoisotopic (exact) mass is 172 g/mol. The van der Waals surface area contributed by atoms with Gasteiger partial charge in [-0.1, -0.05) is 0 Å². The minimum absolute atomic E-state index is 0.0116. The molecule has 2 unspecified atom stereocenters. The maximum atomic E-state index is 9.84. The Kier molecular flexibility index (Phi) is 2.15. The van der Waals surface area contributed by atoms with Crippen LogP contribution >= 0.6 is 11.8 Å². The van der Waals surface area contributed by atoms with Gasteiger partial charge >= 0.3 is 0 Å². The molecule has 0 heterocycles. The maximum absolute atomic E-state index is 9.84. The van der Waals surface area contributed by atoms with Crippen LogP contribution in [0.3, 0.4) is 0 Å². The lowest BCUT2D eigenvalue weighted by atomic mass is 9.69. The van der Waals surface area contributed by atoms with Crippen molar-refractivity contribution in [2.45, 2.75) is 37.0 Å². The number of aliphatic hydroxyl groups excluding tert-OH is 1. The Hall–Kier alpha value is 0.310. The number of hydrogen-bond acceptors (Lipinski definition) is 2. The van der Waals surface area contributed by atoms with Gasteiger partial charge in [-0.25, -0.2) is 0 Å². The van der Waals surface area contributed by atoms with Gasteiger partial charge in [0.2, 0.25) is 0 Å². The molecular weight excluding hydrogens is 156 g/mol. The zero-order chi connectivity index (χ0) is 7.84. The molecule has 0 saturated heterocycles. The fourth-order valence-electron chi connectivity index (χ4n) is 2.69. The Balaban J connectivity index is 2.10. The molecule has 0 aliphatic heterocycles. The molecule has 0 spiro atoms. The predicted octanol–water partition coefficient (Wildman–Crippen LogP) is 1.90. The minimum Gasteiger partial charge on any atom is -0.392 e. The molecule has 11 heavy (non-hydrogen) atoms. The summed E-state index contributed by atoms with van der Waals surface area (Å²) in [6.45, 7) is 0. The van der Waals surface area contributed by atoms with Crippen LogP contribution < -0.4 is 0 Å². The summed E-state index contributed by atoms with van der Waals surface area (Å²) in [4.78, 5) is 0. The van der Waals surface area contributed by atoms with E-state index >= 15 is 0 Å². The molecule has 3 fully saturated rings. The molecule has 0 aromatic heterocycles. The number of thioether (sulfide) groups is 1. The van der Waals surface area contributed by atoms with Gasteiger partial charge in [-0.2, -0.15) is 11.8 Å². The molecule has 2 bridgehead atoms. The summed E-state index contributed by atoms with van der Waals surface area (Å²) in [7, 11) is 0. The summed E-state index contributed by atoms with van der Waals surface area (Å²) >= 11 is 1.87. The van der Waals surface area contributed by atoms with Crippen LogP contribution in [-0.2, 0) is 0 Å². The summed E-state index contributed by atoms with van der Waals surface area (Å²) in [5.74, 6) is 1.46. The summed E-state index contributed by atoms with van der Waals surface area (Å²) in [6.07, 6.45) is 7.44. The van der Waals surface area contributed by atoms with Gasteiger partial charge in [-0.15, -0.1) is 0 Å². The highest BCUT2D eigenvalue weighted by Gasteiger charge is 2.41. The number of rotatable bonds is 1. The Labute approximate surface area is 72.6 Å². The second kappa shape index (κ2) is 2.98. The van der Waals surface area contributed by atoms with Gasteiger partial charge in [0.05, 0.1) is 6.10 Å². The first kappa shape index (κ1) is 7.93. The first-order valence-corrected chi connectivity index (χ1v) is 5.82. The van der Waals surface area contributed by atoms with Crippen molar-refractivity contribution in [2.75, 3.05) is 6.26 Å². The summed E-state index contributed by atoms with van der Waals surface area (Å²) in [6, 6.07) is 0. The van der Waals surface area contributed by atoms with E-state index in [1.807, 2.05) is 11.8 Å². The van der Waals surface area contributed by atoms with Crippen molar-refractivity contribution >= 4 is 11.8 Å². The van der Waals surface area contributed by atoms with Gasteiger partial charge in [-0.05, 0) is 43.8 Å². The third kappa shape index (κ3) is 1.20. The second-order valence-electron chi connectivity index (χ2n) is 3.87. The maximum Gasteiger partial charge on any atom is 0.0689 e. The third-order valence-electron chi connectivity index (χ3n) is 3.37. The normalized spacial score (nSPS) is 49.6. The van der Waals surface area contributed by atoms with E-state index in [1.165, 1.54) is 25.7 Å². The smallest absolute Gasteiger partial charge is 0.0689 e. The molecule has 0 amide bonds. The van der Waals surface area contributed by atoms with Crippen LogP contribution in [0.1, 0.15) is 25.7 Å². The van der Waals surface area contributed by atoms with Crippen LogP contribution in [0.5, 0.6) is 0 Å². The standard InChI is InChI=1S/C9H16OS/c1-11-9-7-4-2-6(3-5-7)8(9)10/h6-10H,2-5H2,1H3. The van der Waals surface area contributed by atoms with Gasteiger partial charge in [0.1, 0.15) is 0 Å². The van der Waals surface area contributed by atoms with E-state index in [9.17, 15) is 5.11 Å². The van der Waals surface area contributed by atoms with Crippen molar-refractivity contribution in [2.24, 2.45) is 11.8 Å². The average molecular weight is 172 g/mol. The molecule has 3 aliphatic rings. The van der Waals surface area contributed by atoms with Gasteiger partial charge < -0.3 is 5.11 Å². The number of aliphatic hydroxyl groups is 1. The highest BCUT2D eigenvalue weighted by Crippen LogP contribution is 2.45. The Bertz CT molecular complexity index is 138. The topological polar surface area (TPSA) is 20.2 Å². The fourth-order valence-corrected chi connectivity index (χ4v) is 3.85. The summed E-state index contributed by atoms with van der Waals surface area (Å²) < 4.78 is 0. The van der Waals surface area contributed by atoms with Gasteiger partial charge in [0.15, 0.2) is 0 Å². The fraction of sp³-hybridized carbons (Fsp3) is 1.00. The van der Waals surface area contributed by atoms with E-state index in [0.717, 1.165) is 5.92 Å². The van der Waals surface area contributed by atoms with Crippen LogP contribution in [0.25, 0.3) is 0 Å². The van der Waals surface area contributed by atoms with Crippen LogP contribution in [0.2, 0.25) is 0 Å². The number of hydrogen-bond donors (Lipinski definition) is 1. The van der Waals surface area contributed by atoms with Gasteiger partial charge in [0.25, 0.3) is 0 Å². The molecule has 3 rings (SSSR count). The molecule has 3 aliphatic carbocycles. The molecule has 3 saturated carbocycles. The quantitative estimate of drug-likeness (QED) is 0.652. The zero-order valence-corrected chi connectivity index (χ0v) is 7.81. The van der Waals surface area contributed by atoms with Crippen LogP contribution in [0.15, 0.2) is 0 Å². The van der Waals surface area contributed by atoms with E-state index in [2.05, 4.69) is 6.26 Å². The summed E-state index contributed by atoms with van der Waals surface area (Å²) in [5, 5.41) is 10.4. The van der Waals surface area contributed by atoms with Gasteiger partial charge in [0, 0.05) is 5.25 Å². The highest BCUT2D eigenvalue weighted by molar-refractivity contribution is 7.99. The predicted molar refractivity (Wildman–Crippen MR) is 48.8 cm³/mol. The minimum atomic E-state index is 0.0116.